The van der Waals surface area contributed by atoms with E-state index in [9.17, 15) is 9.59 Å². The van der Waals surface area contributed by atoms with Crippen LogP contribution in [0.4, 0.5) is 0 Å². The van der Waals surface area contributed by atoms with Gasteiger partial charge in [-0.2, -0.15) is 0 Å². The molecule has 3 atom stereocenters. The van der Waals surface area contributed by atoms with Crippen molar-refractivity contribution < 1.29 is 4.79 Å². The number of nitrogens with one attached hydrogen (secondary N) is 1. The summed E-state index contributed by atoms with van der Waals surface area (Å²) < 4.78 is 1.68. The van der Waals surface area contributed by atoms with Crippen LogP contribution in [0.3, 0.4) is 0 Å². The van der Waals surface area contributed by atoms with E-state index in [4.69, 9.17) is 11.6 Å². The van der Waals surface area contributed by atoms with Crippen molar-refractivity contribution in [3.05, 3.63) is 39.4 Å². The van der Waals surface area contributed by atoms with Crippen molar-refractivity contribution in [2.24, 2.45) is 18.9 Å². The molecule has 2 aromatic heterocycles. The van der Waals surface area contributed by atoms with Crippen LogP contribution in [0.25, 0.3) is 10.9 Å². The molecule has 29 heavy (non-hydrogen) atoms. The Balaban J connectivity index is 1.57. The molecule has 2 aromatic rings. The van der Waals surface area contributed by atoms with Crippen molar-refractivity contribution in [2.45, 2.75) is 70.3 Å². The zero-order valence-corrected chi connectivity index (χ0v) is 18.0. The molecule has 1 amide bonds. The van der Waals surface area contributed by atoms with Gasteiger partial charge in [0, 0.05) is 36.2 Å². The highest BCUT2D eigenvalue weighted by Gasteiger charge is 2.33. The molecule has 3 unspecified atom stereocenters. The third-order valence-corrected chi connectivity index (χ3v) is 7.23. The molecular weight excluding hydrogens is 386 g/mol. The Morgan fingerprint density at radius 3 is 2.69 bits per heavy atom. The maximum absolute atomic E-state index is 13.1. The Bertz CT molecular complexity index is 964. The zero-order chi connectivity index (χ0) is 20.5. The average molecular weight is 416 g/mol. The van der Waals surface area contributed by atoms with Gasteiger partial charge in [-0.3, -0.25) is 9.59 Å². The van der Waals surface area contributed by atoms with E-state index in [0.717, 1.165) is 61.4 Å². The summed E-state index contributed by atoms with van der Waals surface area (Å²) in [7, 11) is 1.79. The summed E-state index contributed by atoms with van der Waals surface area (Å²) in [6.07, 6.45) is 10.1. The predicted molar refractivity (Wildman–Crippen MR) is 116 cm³/mol. The fraction of sp³-hybridized carbons (Fsp3) is 0.609. The smallest absolute Gasteiger partial charge is 0.254 e. The van der Waals surface area contributed by atoms with E-state index in [1.54, 1.807) is 23.9 Å². The summed E-state index contributed by atoms with van der Waals surface area (Å²) in [5, 5.41) is 4.62. The molecule has 5 nitrogen and oxygen atoms in total. The van der Waals surface area contributed by atoms with Gasteiger partial charge in [0.1, 0.15) is 5.15 Å². The second-order valence-electron chi connectivity index (χ2n) is 8.97. The van der Waals surface area contributed by atoms with Crippen LogP contribution in [0.5, 0.6) is 0 Å². The molecular formula is C23H30ClN3O2. The fourth-order valence-corrected chi connectivity index (χ4v) is 5.35. The highest BCUT2D eigenvalue weighted by atomic mass is 35.5. The lowest BCUT2D eigenvalue weighted by Crippen LogP contribution is -2.43. The number of hydrogen-bond acceptors (Lipinski definition) is 3. The van der Waals surface area contributed by atoms with Gasteiger partial charge in [0.2, 0.25) is 5.91 Å². The molecule has 0 saturated heterocycles. The largest absolute Gasteiger partial charge is 0.353 e. The summed E-state index contributed by atoms with van der Waals surface area (Å²) in [6.45, 7) is 2.22. The Kier molecular flexibility index (Phi) is 5.95. The molecule has 2 fully saturated rings. The van der Waals surface area contributed by atoms with Gasteiger partial charge in [-0.25, -0.2) is 4.98 Å². The highest BCUT2D eigenvalue weighted by molar-refractivity contribution is 6.30. The first-order valence-electron chi connectivity index (χ1n) is 10.9. The van der Waals surface area contributed by atoms with Crippen molar-refractivity contribution in [1.82, 2.24) is 14.9 Å². The van der Waals surface area contributed by atoms with Gasteiger partial charge in [-0.15, -0.1) is 0 Å². The summed E-state index contributed by atoms with van der Waals surface area (Å²) in [4.78, 5) is 30.0. The van der Waals surface area contributed by atoms with Crippen molar-refractivity contribution in [2.75, 3.05) is 0 Å². The maximum Gasteiger partial charge on any atom is 0.254 e. The van der Waals surface area contributed by atoms with Crippen molar-refractivity contribution in [3.8, 4) is 0 Å². The molecule has 0 aliphatic heterocycles. The van der Waals surface area contributed by atoms with Crippen LogP contribution < -0.4 is 10.9 Å². The third kappa shape index (κ3) is 4.20. The minimum atomic E-state index is 0.0240. The number of rotatable bonds is 3. The fourth-order valence-electron chi connectivity index (χ4n) is 5.20. The number of carbonyl (C=O) groups is 1. The molecule has 6 heteroatoms. The molecule has 2 heterocycles. The van der Waals surface area contributed by atoms with Gasteiger partial charge < -0.3 is 9.88 Å². The number of carbonyl (C=O) groups excluding carboxylic acids is 1. The molecule has 0 aromatic carbocycles. The van der Waals surface area contributed by atoms with Gasteiger partial charge >= 0.3 is 0 Å². The first-order valence-corrected chi connectivity index (χ1v) is 11.3. The molecule has 0 spiro atoms. The first kappa shape index (κ1) is 20.4. The molecule has 2 saturated carbocycles. The first-order chi connectivity index (χ1) is 13.9. The summed E-state index contributed by atoms with van der Waals surface area (Å²) >= 11 is 6.02. The van der Waals surface area contributed by atoms with Crippen LogP contribution in [0.15, 0.2) is 23.1 Å². The Hall–Kier alpha value is -1.88. The van der Waals surface area contributed by atoms with Crippen LogP contribution in [0, 0.1) is 11.8 Å². The Morgan fingerprint density at radius 2 is 1.93 bits per heavy atom. The van der Waals surface area contributed by atoms with Gasteiger partial charge in [-0.1, -0.05) is 37.8 Å². The van der Waals surface area contributed by atoms with E-state index in [2.05, 4.69) is 17.2 Å². The van der Waals surface area contributed by atoms with Crippen LogP contribution in [-0.2, 0) is 11.8 Å². The summed E-state index contributed by atoms with van der Waals surface area (Å²) in [5.74, 6) is 0.932. The van der Waals surface area contributed by atoms with Gasteiger partial charge in [0.05, 0.1) is 5.52 Å². The van der Waals surface area contributed by atoms with E-state index in [1.165, 1.54) is 6.42 Å². The van der Waals surface area contributed by atoms with Crippen LogP contribution >= 0.6 is 11.6 Å². The minimum absolute atomic E-state index is 0.0240. The van der Waals surface area contributed by atoms with Crippen molar-refractivity contribution in [3.63, 3.8) is 0 Å². The molecule has 1 N–H and O–H groups in total. The molecule has 0 bridgehead atoms. The number of fused-ring (bicyclic) bond motifs is 1. The topological polar surface area (TPSA) is 64.0 Å². The van der Waals surface area contributed by atoms with Gasteiger partial charge in [0.15, 0.2) is 0 Å². The number of aromatic nitrogens is 2. The lowest BCUT2D eigenvalue weighted by Gasteiger charge is -2.36. The van der Waals surface area contributed by atoms with E-state index >= 15 is 0 Å². The monoisotopic (exact) mass is 415 g/mol. The van der Waals surface area contributed by atoms with Crippen molar-refractivity contribution >= 4 is 28.4 Å². The Morgan fingerprint density at radius 1 is 1.17 bits per heavy atom. The molecule has 2 aliphatic rings. The quantitative estimate of drug-likeness (QED) is 0.747. The number of hydrogen-bond donors (Lipinski definition) is 1. The van der Waals surface area contributed by atoms with E-state index in [1.807, 2.05) is 6.07 Å². The number of nitrogens with zero attached hydrogens (tertiary/aromatic N) is 2. The Labute approximate surface area is 176 Å². The summed E-state index contributed by atoms with van der Waals surface area (Å²) in [6, 6.07) is 3.86. The number of pyridine rings is 2. The van der Waals surface area contributed by atoms with Crippen molar-refractivity contribution in [1.29, 1.82) is 0 Å². The predicted octanol–water partition coefficient (Wildman–Crippen LogP) is 4.56. The molecule has 156 valence electrons. The number of amides is 1. The highest BCUT2D eigenvalue weighted by Crippen LogP contribution is 2.37. The van der Waals surface area contributed by atoms with Gasteiger partial charge in [-0.05, 0) is 56.1 Å². The van der Waals surface area contributed by atoms with Gasteiger partial charge in [0.25, 0.3) is 5.56 Å². The standard InChI is InChI=1S/C23H30ClN3O2/c1-14-8-9-17(26-22(28)15-6-4-3-5-7-15)11-18(14)19-10-16-13-25-21(24)12-20(16)27(2)23(19)29/h10,12-15,17-18H,3-9,11H2,1-2H3,(H,26,28). The van der Waals surface area contributed by atoms with E-state index < -0.39 is 0 Å². The lowest BCUT2D eigenvalue weighted by molar-refractivity contribution is -0.127. The SMILES string of the molecule is CC1CCC(NC(=O)C2CCCCC2)CC1c1cc2cnc(Cl)cc2n(C)c1=O. The molecule has 0 radical (unpaired) electrons. The van der Waals surface area contributed by atoms with E-state index in [-0.39, 0.29) is 29.3 Å². The van der Waals surface area contributed by atoms with Crippen LogP contribution in [0.1, 0.15) is 69.8 Å². The maximum atomic E-state index is 13.1. The lowest BCUT2D eigenvalue weighted by atomic mass is 9.74. The third-order valence-electron chi connectivity index (χ3n) is 7.02. The molecule has 4 rings (SSSR count). The summed E-state index contributed by atoms with van der Waals surface area (Å²) in [5.41, 5.74) is 1.65. The van der Waals surface area contributed by atoms with Crippen LogP contribution in [0.2, 0.25) is 5.15 Å². The minimum Gasteiger partial charge on any atom is -0.353 e. The number of halogens is 1. The second-order valence-corrected chi connectivity index (χ2v) is 9.35. The molecule has 2 aliphatic carbocycles. The zero-order valence-electron chi connectivity index (χ0n) is 17.3. The van der Waals surface area contributed by atoms with Crippen LogP contribution in [-0.4, -0.2) is 21.5 Å². The number of aryl methyl sites for hydroxylation is 1. The van der Waals surface area contributed by atoms with E-state index in [0.29, 0.717) is 11.1 Å². The second kappa shape index (κ2) is 8.47. The normalized spacial score (nSPS) is 25.8. The average Bonchev–Trinajstić information content (AvgIpc) is 2.73.